The highest BCUT2D eigenvalue weighted by Gasteiger charge is 2.46. The van der Waals surface area contributed by atoms with Gasteiger partial charge in [0.15, 0.2) is 11.6 Å². The Bertz CT molecular complexity index is 1300. The van der Waals surface area contributed by atoms with Crippen LogP contribution in [0.5, 0.6) is 5.75 Å². The zero-order valence-electron chi connectivity index (χ0n) is 19.3. The molecule has 2 aromatic rings. The quantitative estimate of drug-likeness (QED) is 0.659. The molecule has 3 heterocycles. The molecule has 0 atom stereocenters. The molecule has 0 spiro atoms. The molecule has 1 aromatic heterocycles. The normalized spacial score (nSPS) is 20.0. The van der Waals surface area contributed by atoms with Crippen molar-refractivity contribution in [2.24, 2.45) is 0 Å². The van der Waals surface area contributed by atoms with Gasteiger partial charge in [-0.25, -0.2) is 17.8 Å². The van der Waals surface area contributed by atoms with E-state index in [0.717, 1.165) is 6.07 Å². The molecule has 2 amide bonds. The van der Waals surface area contributed by atoms with Gasteiger partial charge in [-0.15, -0.1) is 0 Å². The Hall–Kier alpha value is -3.15. The number of hydrogen-bond acceptors (Lipinski definition) is 6. The fourth-order valence-corrected chi connectivity index (χ4v) is 6.01. The lowest BCUT2D eigenvalue weighted by Crippen LogP contribution is -2.50. The molecule has 2 aliphatic rings. The van der Waals surface area contributed by atoms with Crippen LogP contribution >= 0.6 is 0 Å². The second-order valence-electron chi connectivity index (χ2n) is 9.52. The van der Waals surface area contributed by atoms with Crippen LogP contribution < -0.4 is 15.0 Å². The molecule has 188 valence electrons. The van der Waals surface area contributed by atoms with Crippen molar-refractivity contribution in [3.63, 3.8) is 0 Å². The van der Waals surface area contributed by atoms with Crippen LogP contribution in [0.3, 0.4) is 0 Å². The average Bonchev–Trinajstić information content (AvgIpc) is 2.97. The van der Waals surface area contributed by atoms with E-state index in [9.17, 15) is 31.2 Å². The van der Waals surface area contributed by atoms with Crippen molar-refractivity contribution in [1.82, 2.24) is 10.3 Å². The molecule has 0 radical (unpaired) electrons. The first kappa shape index (κ1) is 25.0. The number of aromatic nitrogens is 1. The summed E-state index contributed by atoms with van der Waals surface area (Å²) in [7, 11) is -3.10. The summed E-state index contributed by atoms with van der Waals surface area (Å²) in [6.07, 6.45) is 1.28. The highest BCUT2D eigenvalue weighted by atomic mass is 32.2. The predicted octanol–water partition coefficient (Wildman–Crippen LogP) is 3.48. The molecular formula is C23H24F3N3O5S. The molecule has 0 unspecified atom stereocenters. The van der Waals surface area contributed by atoms with Gasteiger partial charge in [-0.1, -0.05) is 0 Å². The second kappa shape index (κ2) is 8.51. The number of ether oxygens (including phenoxy) is 1. The van der Waals surface area contributed by atoms with Crippen LogP contribution in [0.25, 0.3) is 0 Å². The van der Waals surface area contributed by atoms with E-state index in [2.05, 4.69) is 15.0 Å². The summed E-state index contributed by atoms with van der Waals surface area (Å²) in [5.41, 5.74) is -0.649. The number of halogens is 3. The Kier molecular flexibility index (Phi) is 6.06. The lowest BCUT2D eigenvalue weighted by Gasteiger charge is -2.34. The highest BCUT2D eigenvalue weighted by molar-refractivity contribution is 7.91. The number of fused-ring (bicyclic) bond motifs is 1. The lowest BCUT2D eigenvalue weighted by molar-refractivity contribution is -0.121. The van der Waals surface area contributed by atoms with Gasteiger partial charge in [0.1, 0.15) is 15.7 Å². The molecule has 0 aliphatic carbocycles. The SMILES string of the molecule is CC1(NC(=O)c2ccc3c(c2)C(C)(C)C(=O)N3c2cc(OC(F)F)c(F)cn2)CCS(=O)(=O)CC1. The summed E-state index contributed by atoms with van der Waals surface area (Å²) in [4.78, 5) is 31.3. The molecule has 4 rings (SSSR count). The van der Waals surface area contributed by atoms with E-state index in [1.165, 1.54) is 17.0 Å². The largest absolute Gasteiger partial charge is 0.431 e. The van der Waals surface area contributed by atoms with Crippen LogP contribution in [0.15, 0.2) is 30.5 Å². The molecule has 0 bridgehead atoms. The number of amides is 2. The first-order valence-electron chi connectivity index (χ1n) is 10.8. The van der Waals surface area contributed by atoms with E-state index in [4.69, 9.17) is 0 Å². The van der Waals surface area contributed by atoms with Gasteiger partial charge in [0.25, 0.3) is 5.91 Å². The summed E-state index contributed by atoms with van der Waals surface area (Å²) < 4.78 is 66.8. The fourth-order valence-electron chi connectivity index (χ4n) is 4.28. The van der Waals surface area contributed by atoms with Crippen LogP contribution in [0.1, 0.15) is 49.5 Å². The summed E-state index contributed by atoms with van der Waals surface area (Å²) in [6.45, 7) is 1.82. The van der Waals surface area contributed by atoms with Gasteiger partial charge in [-0.05, 0) is 57.4 Å². The molecule has 1 fully saturated rings. The second-order valence-corrected chi connectivity index (χ2v) is 11.8. The third kappa shape index (κ3) is 4.71. The Morgan fingerprint density at radius 2 is 1.83 bits per heavy atom. The van der Waals surface area contributed by atoms with Gasteiger partial charge in [0.05, 0.1) is 28.8 Å². The minimum absolute atomic E-state index is 0.00755. The zero-order chi connectivity index (χ0) is 25.8. The zero-order valence-corrected chi connectivity index (χ0v) is 20.1. The number of alkyl halides is 2. The minimum Gasteiger partial charge on any atom is -0.431 e. The molecular weight excluding hydrogens is 487 g/mol. The molecule has 8 nitrogen and oxygen atoms in total. The van der Waals surface area contributed by atoms with Crippen LogP contribution in [-0.4, -0.2) is 48.9 Å². The van der Waals surface area contributed by atoms with Crippen molar-refractivity contribution in [3.05, 3.63) is 47.4 Å². The minimum atomic E-state index is -3.26. The summed E-state index contributed by atoms with van der Waals surface area (Å²) >= 11 is 0. The third-order valence-electron chi connectivity index (χ3n) is 6.51. The topological polar surface area (TPSA) is 106 Å². The third-order valence-corrected chi connectivity index (χ3v) is 8.16. The fraction of sp³-hybridized carbons (Fsp3) is 0.435. The molecule has 12 heteroatoms. The lowest BCUT2D eigenvalue weighted by atomic mass is 9.85. The van der Waals surface area contributed by atoms with Crippen molar-refractivity contribution in [1.29, 1.82) is 0 Å². The maximum atomic E-state index is 13.9. The number of rotatable bonds is 5. The smallest absolute Gasteiger partial charge is 0.387 e. The molecule has 1 N–H and O–H groups in total. The number of benzene rings is 1. The number of nitrogens with one attached hydrogen (secondary N) is 1. The number of anilines is 2. The molecule has 2 aliphatic heterocycles. The van der Waals surface area contributed by atoms with Crippen LogP contribution in [-0.2, 0) is 20.0 Å². The Morgan fingerprint density at radius 3 is 2.46 bits per heavy atom. The average molecular weight is 512 g/mol. The van der Waals surface area contributed by atoms with Crippen molar-refractivity contribution in [2.75, 3.05) is 16.4 Å². The van der Waals surface area contributed by atoms with E-state index < -0.39 is 50.8 Å². The van der Waals surface area contributed by atoms with Gasteiger partial charge >= 0.3 is 6.61 Å². The first-order chi connectivity index (χ1) is 16.2. The van der Waals surface area contributed by atoms with Gasteiger partial charge in [-0.3, -0.25) is 14.5 Å². The highest BCUT2D eigenvalue weighted by Crippen LogP contribution is 2.45. The van der Waals surface area contributed by atoms with E-state index in [1.54, 1.807) is 26.8 Å². The van der Waals surface area contributed by atoms with E-state index in [1.807, 2.05) is 0 Å². The van der Waals surface area contributed by atoms with Crippen LogP contribution in [0.4, 0.5) is 24.7 Å². The molecule has 35 heavy (non-hydrogen) atoms. The number of pyridine rings is 1. The van der Waals surface area contributed by atoms with Gasteiger partial charge in [0.2, 0.25) is 5.91 Å². The summed E-state index contributed by atoms with van der Waals surface area (Å²) in [5.74, 6) is -2.83. The Morgan fingerprint density at radius 1 is 1.17 bits per heavy atom. The van der Waals surface area contributed by atoms with Crippen LogP contribution in [0, 0.1) is 5.82 Å². The summed E-state index contributed by atoms with van der Waals surface area (Å²) in [5, 5.41) is 2.91. The van der Waals surface area contributed by atoms with Crippen molar-refractivity contribution < 1.29 is 35.9 Å². The van der Waals surface area contributed by atoms with E-state index in [-0.39, 0.29) is 22.9 Å². The maximum absolute atomic E-state index is 13.9. The number of carbonyl (C=O) groups is 2. The van der Waals surface area contributed by atoms with Gasteiger partial charge < -0.3 is 10.1 Å². The monoisotopic (exact) mass is 511 g/mol. The molecule has 1 aromatic carbocycles. The van der Waals surface area contributed by atoms with Gasteiger partial charge in [0, 0.05) is 17.2 Å². The number of carbonyl (C=O) groups excluding carboxylic acids is 2. The van der Waals surface area contributed by atoms with E-state index >= 15 is 0 Å². The van der Waals surface area contributed by atoms with Crippen molar-refractivity contribution >= 4 is 33.2 Å². The standard InChI is InChI=1S/C23H24F3N3O5S/c1-22(2)14-10-13(19(30)28-23(3)6-8-35(32,33)9-7-23)4-5-16(14)29(20(22)31)18-11-17(34-21(25)26)15(24)12-27-18/h4-5,10-12,21H,6-9H2,1-3H3,(H,28,30). The van der Waals surface area contributed by atoms with Crippen LogP contribution in [0.2, 0.25) is 0 Å². The molecule has 0 saturated carbocycles. The number of nitrogens with zero attached hydrogens (tertiary/aromatic N) is 2. The van der Waals surface area contributed by atoms with Gasteiger partial charge in [-0.2, -0.15) is 8.78 Å². The summed E-state index contributed by atoms with van der Waals surface area (Å²) in [6, 6.07) is 5.51. The maximum Gasteiger partial charge on any atom is 0.387 e. The Balaban J connectivity index is 1.65. The van der Waals surface area contributed by atoms with Crippen molar-refractivity contribution in [3.8, 4) is 5.75 Å². The Labute approximate surface area is 200 Å². The predicted molar refractivity (Wildman–Crippen MR) is 121 cm³/mol. The van der Waals surface area contributed by atoms with Crippen molar-refractivity contribution in [2.45, 2.75) is 51.2 Å². The van der Waals surface area contributed by atoms with E-state index in [0.29, 0.717) is 30.3 Å². The number of hydrogen-bond donors (Lipinski definition) is 1. The molecule has 1 saturated heterocycles. The first-order valence-corrected chi connectivity index (χ1v) is 12.7. The number of sulfone groups is 1.